The van der Waals surface area contributed by atoms with Crippen LogP contribution in [0.25, 0.3) is 0 Å². The summed E-state index contributed by atoms with van der Waals surface area (Å²) in [6.07, 6.45) is 0.808. The van der Waals surface area contributed by atoms with E-state index in [0.717, 1.165) is 24.4 Å². The minimum atomic E-state index is -0.0858. The Balaban J connectivity index is 2.63. The highest BCUT2D eigenvalue weighted by Gasteiger charge is 2.14. The SMILES string of the molecule is COc1ccc(NC(=O)N(CCCN)CC(C)C)cc1. The number of methoxy groups -OCH3 is 1. The highest BCUT2D eigenvalue weighted by Crippen LogP contribution is 2.15. The summed E-state index contributed by atoms with van der Waals surface area (Å²) in [6, 6.07) is 7.21. The van der Waals surface area contributed by atoms with E-state index in [9.17, 15) is 4.79 Å². The van der Waals surface area contributed by atoms with Gasteiger partial charge in [-0.25, -0.2) is 4.79 Å². The maximum atomic E-state index is 12.3. The Morgan fingerprint density at radius 1 is 1.35 bits per heavy atom. The molecular weight excluding hydrogens is 254 g/mol. The van der Waals surface area contributed by atoms with Gasteiger partial charge in [0.05, 0.1) is 7.11 Å². The van der Waals surface area contributed by atoms with E-state index < -0.39 is 0 Å². The molecule has 0 atom stereocenters. The van der Waals surface area contributed by atoms with Crippen LogP contribution in [0.5, 0.6) is 5.75 Å². The van der Waals surface area contributed by atoms with Crippen molar-refractivity contribution in [1.29, 1.82) is 0 Å². The van der Waals surface area contributed by atoms with Gasteiger partial charge in [0.2, 0.25) is 0 Å². The second-order valence-electron chi connectivity index (χ2n) is 5.14. The lowest BCUT2D eigenvalue weighted by atomic mass is 10.2. The number of nitrogens with two attached hydrogens (primary N) is 1. The van der Waals surface area contributed by atoms with Crippen molar-refractivity contribution in [2.75, 3.05) is 32.1 Å². The number of carbonyl (C=O) groups excluding carboxylic acids is 1. The van der Waals surface area contributed by atoms with Crippen LogP contribution in [0.3, 0.4) is 0 Å². The fourth-order valence-electron chi connectivity index (χ4n) is 1.88. The lowest BCUT2D eigenvalue weighted by Gasteiger charge is -2.24. The second kappa shape index (κ2) is 8.43. The Bertz CT molecular complexity index is 404. The fraction of sp³-hybridized carbons (Fsp3) is 0.533. The number of rotatable bonds is 7. The van der Waals surface area contributed by atoms with Crippen molar-refractivity contribution in [3.05, 3.63) is 24.3 Å². The second-order valence-corrected chi connectivity index (χ2v) is 5.14. The molecule has 0 aliphatic rings. The summed E-state index contributed by atoms with van der Waals surface area (Å²) in [4.78, 5) is 14.1. The number of anilines is 1. The molecule has 0 unspecified atom stereocenters. The van der Waals surface area contributed by atoms with Crippen LogP contribution in [0.2, 0.25) is 0 Å². The molecule has 0 aliphatic heterocycles. The average Bonchev–Trinajstić information content (AvgIpc) is 2.43. The Kier molecular flexibility index (Phi) is 6.87. The molecule has 0 heterocycles. The fourth-order valence-corrected chi connectivity index (χ4v) is 1.88. The molecule has 0 radical (unpaired) electrons. The molecule has 0 spiro atoms. The Hall–Kier alpha value is -1.75. The lowest BCUT2D eigenvalue weighted by Crippen LogP contribution is -2.38. The molecule has 0 aliphatic carbocycles. The van der Waals surface area contributed by atoms with E-state index in [2.05, 4.69) is 19.2 Å². The number of ether oxygens (including phenoxy) is 1. The van der Waals surface area contributed by atoms with Crippen LogP contribution in [-0.4, -0.2) is 37.7 Å². The van der Waals surface area contributed by atoms with Gasteiger partial charge in [-0.1, -0.05) is 13.8 Å². The summed E-state index contributed by atoms with van der Waals surface area (Å²) >= 11 is 0. The number of nitrogens with one attached hydrogen (secondary N) is 1. The van der Waals surface area contributed by atoms with Crippen LogP contribution in [0.1, 0.15) is 20.3 Å². The zero-order chi connectivity index (χ0) is 15.0. The molecule has 112 valence electrons. The molecule has 0 aromatic heterocycles. The first-order valence-electron chi connectivity index (χ1n) is 6.97. The minimum absolute atomic E-state index is 0.0858. The molecule has 1 rings (SSSR count). The number of nitrogens with zero attached hydrogens (tertiary/aromatic N) is 1. The first-order chi connectivity index (χ1) is 9.56. The van der Waals surface area contributed by atoms with Gasteiger partial charge in [0.15, 0.2) is 0 Å². The maximum Gasteiger partial charge on any atom is 0.321 e. The van der Waals surface area contributed by atoms with Gasteiger partial charge >= 0.3 is 6.03 Å². The average molecular weight is 279 g/mol. The van der Waals surface area contributed by atoms with Gasteiger partial charge in [0.1, 0.15) is 5.75 Å². The minimum Gasteiger partial charge on any atom is -0.497 e. The highest BCUT2D eigenvalue weighted by molar-refractivity contribution is 5.89. The molecule has 1 aromatic carbocycles. The standard InChI is InChI=1S/C15H25N3O2/c1-12(2)11-18(10-4-9-16)15(19)17-13-5-7-14(20-3)8-6-13/h5-8,12H,4,9-11,16H2,1-3H3,(H,17,19). The van der Waals surface area contributed by atoms with E-state index in [0.29, 0.717) is 19.0 Å². The van der Waals surface area contributed by atoms with Crippen molar-refractivity contribution in [1.82, 2.24) is 4.90 Å². The molecule has 20 heavy (non-hydrogen) atoms. The first kappa shape index (κ1) is 16.3. The van der Waals surface area contributed by atoms with Crippen LogP contribution in [0.15, 0.2) is 24.3 Å². The smallest absolute Gasteiger partial charge is 0.321 e. The number of benzene rings is 1. The summed E-state index contributed by atoms with van der Waals surface area (Å²) in [5.41, 5.74) is 6.28. The third-order valence-electron chi connectivity index (χ3n) is 2.85. The largest absolute Gasteiger partial charge is 0.497 e. The predicted octanol–water partition coefficient (Wildman–Crippen LogP) is 2.53. The van der Waals surface area contributed by atoms with Gasteiger partial charge < -0.3 is 20.7 Å². The zero-order valence-corrected chi connectivity index (χ0v) is 12.6. The molecule has 1 aromatic rings. The van der Waals surface area contributed by atoms with E-state index >= 15 is 0 Å². The van der Waals surface area contributed by atoms with Crippen molar-refractivity contribution in [2.24, 2.45) is 11.7 Å². The molecular formula is C15H25N3O2. The van der Waals surface area contributed by atoms with E-state index in [-0.39, 0.29) is 6.03 Å². The number of amides is 2. The summed E-state index contributed by atoms with van der Waals surface area (Å²) in [7, 11) is 1.62. The van der Waals surface area contributed by atoms with Crippen LogP contribution in [0.4, 0.5) is 10.5 Å². The van der Waals surface area contributed by atoms with Crippen LogP contribution in [-0.2, 0) is 0 Å². The van der Waals surface area contributed by atoms with E-state index in [4.69, 9.17) is 10.5 Å². The summed E-state index contributed by atoms with van der Waals surface area (Å²) in [6.45, 7) is 6.18. The van der Waals surface area contributed by atoms with Crippen LogP contribution in [0, 0.1) is 5.92 Å². The number of urea groups is 1. The van der Waals surface area contributed by atoms with Crippen LogP contribution >= 0.6 is 0 Å². The molecule has 5 nitrogen and oxygen atoms in total. The third kappa shape index (κ3) is 5.48. The maximum absolute atomic E-state index is 12.3. The van der Waals surface area contributed by atoms with E-state index in [1.54, 1.807) is 7.11 Å². The molecule has 3 N–H and O–H groups in total. The first-order valence-corrected chi connectivity index (χ1v) is 6.97. The molecule has 0 saturated heterocycles. The van der Waals surface area contributed by atoms with E-state index in [1.807, 2.05) is 29.2 Å². The Morgan fingerprint density at radius 2 is 2.00 bits per heavy atom. The van der Waals surface area contributed by atoms with E-state index in [1.165, 1.54) is 0 Å². The van der Waals surface area contributed by atoms with Gasteiger partial charge in [-0.2, -0.15) is 0 Å². The zero-order valence-electron chi connectivity index (χ0n) is 12.6. The molecule has 0 saturated carbocycles. The van der Waals surface area contributed by atoms with Crippen molar-refractivity contribution in [2.45, 2.75) is 20.3 Å². The third-order valence-corrected chi connectivity index (χ3v) is 2.85. The van der Waals surface area contributed by atoms with Crippen molar-refractivity contribution < 1.29 is 9.53 Å². The predicted molar refractivity (Wildman–Crippen MR) is 82.1 cm³/mol. The van der Waals surface area contributed by atoms with Crippen molar-refractivity contribution >= 4 is 11.7 Å². The Labute approximate surface area is 121 Å². The summed E-state index contributed by atoms with van der Waals surface area (Å²) in [5, 5.41) is 2.90. The summed E-state index contributed by atoms with van der Waals surface area (Å²) < 4.78 is 5.09. The topological polar surface area (TPSA) is 67.6 Å². The van der Waals surface area contributed by atoms with Gasteiger partial charge in [0, 0.05) is 18.8 Å². The molecule has 2 amide bonds. The van der Waals surface area contributed by atoms with Crippen LogP contribution < -0.4 is 15.8 Å². The van der Waals surface area contributed by atoms with Crippen molar-refractivity contribution in [3.8, 4) is 5.75 Å². The quantitative estimate of drug-likeness (QED) is 0.806. The molecule has 5 heteroatoms. The number of hydrogen-bond donors (Lipinski definition) is 2. The number of hydrogen-bond acceptors (Lipinski definition) is 3. The highest BCUT2D eigenvalue weighted by atomic mass is 16.5. The van der Waals surface area contributed by atoms with Gasteiger partial charge in [0.25, 0.3) is 0 Å². The molecule has 0 bridgehead atoms. The normalized spacial score (nSPS) is 10.4. The van der Waals surface area contributed by atoms with Gasteiger partial charge in [-0.3, -0.25) is 0 Å². The van der Waals surface area contributed by atoms with Gasteiger partial charge in [-0.05, 0) is 43.1 Å². The van der Waals surface area contributed by atoms with Gasteiger partial charge in [-0.15, -0.1) is 0 Å². The summed E-state index contributed by atoms with van der Waals surface area (Å²) in [5.74, 6) is 1.19. The molecule has 0 fully saturated rings. The van der Waals surface area contributed by atoms with Crippen molar-refractivity contribution in [3.63, 3.8) is 0 Å². The monoisotopic (exact) mass is 279 g/mol. The Morgan fingerprint density at radius 3 is 2.50 bits per heavy atom. The lowest BCUT2D eigenvalue weighted by molar-refractivity contribution is 0.204. The number of carbonyl (C=O) groups is 1.